The Morgan fingerprint density at radius 2 is 1.59 bits per heavy atom. The van der Waals surface area contributed by atoms with Gasteiger partial charge in [0.2, 0.25) is 5.88 Å². The molecule has 0 aromatic carbocycles. The van der Waals surface area contributed by atoms with Crippen LogP contribution in [0.2, 0.25) is 0 Å². The fraction of sp³-hybridized carbons (Fsp3) is 0.312. The molecule has 2 aromatic heterocycles. The van der Waals surface area contributed by atoms with Crippen molar-refractivity contribution in [2.24, 2.45) is 0 Å². The van der Waals surface area contributed by atoms with Crippen LogP contribution in [-0.2, 0) is 10.9 Å². The van der Waals surface area contributed by atoms with Crippen molar-refractivity contribution in [1.29, 1.82) is 0 Å². The lowest BCUT2D eigenvalue weighted by Crippen LogP contribution is -2.10. The number of anilines is 1. The van der Waals surface area contributed by atoms with Crippen molar-refractivity contribution in [2.75, 3.05) is 20.0 Å². The number of carbonyl (C=O) groups excluding carboxylic acids is 1. The first-order valence-corrected chi connectivity index (χ1v) is 8.94. The van der Waals surface area contributed by atoms with Crippen molar-refractivity contribution in [3.63, 3.8) is 0 Å². The maximum atomic E-state index is 12.1. The summed E-state index contributed by atoms with van der Waals surface area (Å²) in [6.45, 7) is 4.00. The summed E-state index contributed by atoms with van der Waals surface area (Å²) in [5, 5.41) is 0. The number of rotatable bonds is 2. The van der Waals surface area contributed by atoms with Crippen molar-refractivity contribution in [3.8, 4) is 5.88 Å². The number of nitrogens with two attached hydrogens (primary N) is 1. The largest absolute Gasteiger partial charge is 0.480 e. The summed E-state index contributed by atoms with van der Waals surface area (Å²) in [5.41, 5.74) is 4.41. The second kappa shape index (κ2) is 11.8. The summed E-state index contributed by atoms with van der Waals surface area (Å²) in [5.74, 6) is -0.716. The van der Waals surface area contributed by atoms with Gasteiger partial charge in [0.15, 0.2) is 0 Å². The first-order chi connectivity index (χ1) is 12.6. The standard InChI is InChI=1S/C8H8BrNO3.C6H4BrF3N2.C2H6/c1-12-7-6(8(11)13-2)3-5(9)4-10-7;7-3-1-4(6(8,9)10)5(11)12-2-3;1-2/h3-4H,1-2H3;1-2H,(H2,11,12);1-2H3. The van der Waals surface area contributed by atoms with Gasteiger partial charge >= 0.3 is 12.1 Å². The van der Waals surface area contributed by atoms with E-state index < -0.39 is 23.5 Å². The summed E-state index contributed by atoms with van der Waals surface area (Å²) >= 11 is 6.07. The minimum Gasteiger partial charge on any atom is -0.480 e. The monoisotopic (exact) mass is 515 g/mol. The van der Waals surface area contributed by atoms with Gasteiger partial charge in [-0.05, 0) is 44.0 Å². The normalized spacial score (nSPS) is 9.96. The summed E-state index contributed by atoms with van der Waals surface area (Å²) in [7, 11) is 2.76. The van der Waals surface area contributed by atoms with E-state index in [-0.39, 0.29) is 10.4 Å². The van der Waals surface area contributed by atoms with Gasteiger partial charge in [-0.2, -0.15) is 13.2 Å². The van der Waals surface area contributed by atoms with E-state index in [2.05, 4.69) is 46.6 Å². The molecule has 150 valence electrons. The summed E-state index contributed by atoms with van der Waals surface area (Å²) < 4.78 is 46.7. The molecule has 0 bridgehead atoms. The Morgan fingerprint density at radius 3 is 2.04 bits per heavy atom. The number of esters is 1. The molecule has 0 amide bonds. The van der Waals surface area contributed by atoms with Crippen LogP contribution in [-0.4, -0.2) is 30.2 Å². The number of carbonyl (C=O) groups is 1. The highest BCUT2D eigenvalue weighted by atomic mass is 79.9. The fourth-order valence-corrected chi connectivity index (χ4v) is 2.19. The Bertz CT molecular complexity index is 759. The zero-order chi connectivity index (χ0) is 21.2. The van der Waals surface area contributed by atoms with Gasteiger partial charge in [-0.15, -0.1) is 0 Å². The molecule has 6 nitrogen and oxygen atoms in total. The molecule has 0 saturated heterocycles. The number of pyridine rings is 2. The Hall–Kier alpha value is -1.88. The predicted octanol–water partition coefficient (Wildman–Crippen LogP) is 5.11. The minimum absolute atomic E-state index is 0.254. The van der Waals surface area contributed by atoms with Crippen LogP contribution < -0.4 is 10.5 Å². The van der Waals surface area contributed by atoms with Gasteiger partial charge in [0.1, 0.15) is 11.4 Å². The highest BCUT2D eigenvalue weighted by Crippen LogP contribution is 2.33. The van der Waals surface area contributed by atoms with E-state index >= 15 is 0 Å². The number of hydrogen-bond donors (Lipinski definition) is 1. The van der Waals surface area contributed by atoms with E-state index in [0.29, 0.717) is 10.0 Å². The maximum absolute atomic E-state index is 12.1. The summed E-state index contributed by atoms with van der Waals surface area (Å²) in [4.78, 5) is 18.4. The lowest BCUT2D eigenvalue weighted by atomic mass is 10.2. The van der Waals surface area contributed by atoms with Crippen LogP contribution in [0.3, 0.4) is 0 Å². The molecule has 0 saturated carbocycles. The topological polar surface area (TPSA) is 87.3 Å². The second-order valence-electron chi connectivity index (χ2n) is 4.29. The van der Waals surface area contributed by atoms with Gasteiger partial charge in [0.05, 0.1) is 19.8 Å². The number of nitrogen functional groups attached to an aromatic ring is 1. The van der Waals surface area contributed by atoms with Crippen LogP contribution in [0.15, 0.2) is 33.5 Å². The quantitative estimate of drug-likeness (QED) is 0.558. The summed E-state index contributed by atoms with van der Waals surface area (Å²) in [6.07, 6.45) is -1.68. The van der Waals surface area contributed by atoms with Crippen LogP contribution in [0.5, 0.6) is 5.88 Å². The zero-order valence-electron chi connectivity index (χ0n) is 14.9. The van der Waals surface area contributed by atoms with E-state index in [1.807, 2.05) is 13.8 Å². The van der Waals surface area contributed by atoms with Crippen molar-refractivity contribution in [2.45, 2.75) is 20.0 Å². The SMILES string of the molecule is CC.COC(=O)c1cc(Br)cnc1OC.Nc1ncc(Br)cc1C(F)(F)F. The maximum Gasteiger partial charge on any atom is 0.419 e. The van der Waals surface area contributed by atoms with Gasteiger partial charge < -0.3 is 15.2 Å². The first kappa shape index (κ1) is 25.1. The van der Waals surface area contributed by atoms with E-state index in [1.165, 1.54) is 20.4 Å². The van der Waals surface area contributed by atoms with Crippen LogP contribution in [0.4, 0.5) is 19.0 Å². The van der Waals surface area contributed by atoms with Gasteiger partial charge in [-0.1, -0.05) is 13.8 Å². The molecule has 0 atom stereocenters. The number of halogens is 5. The molecular formula is C16H18Br2F3N3O3. The average molecular weight is 517 g/mol. The highest BCUT2D eigenvalue weighted by molar-refractivity contribution is 9.10. The van der Waals surface area contributed by atoms with E-state index in [0.717, 1.165) is 6.07 Å². The Labute approximate surface area is 171 Å². The van der Waals surface area contributed by atoms with Gasteiger partial charge in [-0.3, -0.25) is 0 Å². The van der Waals surface area contributed by atoms with Crippen LogP contribution in [0, 0.1) is 0 Å². The van der Waals surface area contributed by atoms with Crippen molar-refractivity contribution in [3.05, 3.63) is 44.6 Å². The Balaban J connectivity index is 0.000000460. The second-order valence-corrected chi connectivity index (χ2v) is 6.12. The molecule has 0 fully saturated rings. The molecule has 0 spiro atoms. The average Bonchev–Trinajstić information content (AvgIpc) is 2.64. The van der Waals surface area contributed by atoms with E-state index in [1.54, 1.807) is 12.3 Å². The van der Waals surface area contributed by atoms with Crippen molar-refractivity contribution < 1.29 is 27.4 Å². The molecule has 0 unspecified atom stereocenters. The number of methoxy groups -OCH3 is 2. The van der Waals surface area contributed by atoms with Gasteiger partial charge in [0.25, 0.3) is 0 Å². The Morgan fingerprint density at radius 1 is 1.07 bits per heavy atom. The third-order valence-electron chi connectivity index (χ3n) is 2.61. The molecule has 2 heterocycles. The van der Waals surface area contributed by atoms with Crippen LogP contribution in [0.25, 0.3) is 0 Å². The lowest BCUT2D eigenvalue weighted by Gasteiger charge is -2.08. The van der Waals surface area contributed by atoms with Crippen molar-refractivity contribution in [1.82, 2.24) is 9.97 Å². The van der Waals surface area contributed by atoms with Crippen LogP contribution >= 0.6 is 31.9 Å². The zero-order valence-corrected chi connectivity index (χ0v) is 18.1. The number of aromatic nitrogens is 2. The van der Waals surface area contributed by atoms with Gasteiger partial charge in [-0.25, -0.2) is 14.8 Å². The molecule has 2 N–H and O–H groups in total. The number of nitrogens with zero attached hydrogens (tertiary/aromatic N) is 2. The molecule has 0 aliphatic rings. The predicted molar refractivity (Wildman–Crippen MR) is 103 cm³/mol. The third-order valence-corrected chi connectivity index (χ3v) is 3.47. The van der Waals surface area contributed by atoms with E-state index in [9.17, 15) is 18.0 Å². The van der Waals surface area contributed by atoms with Gasteiger partial charge in [0, 0.05) is 21.3 Å². The fourth-order valence-electron chi connectivity index (χ4n) is 1.52. The smallest absolute Gasteiger partial charge is 0.419 e. The number of alkyl halides is 3. The molecule has 2 rings (SSSR count). The molecule has 27 heavy (non-hydrogen) atoms. The summed E-state index contributed by atoms with van der Waals surface area (Å²) in [6, 6.07) is 2.49. The highest BCUT2D eigenvalue weighted by Gasteiger charge is 2.33. The van der Waals surface area contributed by atoms with E-state index in [4.69, 9.17) is 10.5 Å². The lowest BCUT2D eigenvalue weighted by molar-refractivity contribution is -0.137. The number of hydrogen-bond acceptors (Lipinski definition) is 6. The molecule has 0 aliphatic carbocycles. The minimum atomic E-state index is -4.44. The molecule has 0 aliphatic heterocycles. The number of ether oxygens (including phenoxy) is 2. The van der Waals surface area contributed by atoms with Crippen LogP contribution in [0.1, 0.15) is 29.8 Å². The van der Waals surface area contributed by atoms with Crippen molar-refractivity contribution >= 4 is 43.6 Å². The molecule has 0 radical (unpaired) electrons. The Kier molecular flexibility index (Phi) is 10.9. The molecular weight excluding hydrogens is 499 g/mol. The molecule has 11 heteroatoms. The first-order valence-electron chi connectivity index (χ1n) is 7.36. The third kappa shape index (κ3) is 8.12. The molecule has 2 aromatic rings.